The second kappa shape index (κ2) is 8.16. The zero-order valence-electron chi connectivity index (χ0n) is 15.3. The van der Waals surface area contributed by atoms with Gasteiger partial charge in [-0.3, -0.25) is 9.59 Å². The number of nitrogens with one attached hydrogen (secondary N) is 1. The molecule has 0 unspecified atom stereocenters. The van der Waals surface area contributed by atoms with Crippen LogP contribution in [0.1, 0.15) is 38.9 Å². The van der Waals surface area contributed by atoms with Crippen LogP contribution in [-0.2, 0) is 6.54 Å². The SMILES string of the molecule is CCCN1C(=O)c2cccnc2Sc2cc(C(=O)NCc3cccs3)ccc21. The van der Waals surface area contributed by atoms with Crippen LogP contribution in [0.5, 0.6) is 0 Å². The van der Waals surface area contributed by atoms with E-state index in [0.29, 0.717) is 29.2 Å². The standard InChI is InChI=1S/C21H19N3O2S2/c1-2-10-24-17-8-7-14(19(25)23-13-15-5-4-11-27-15)12-18(17)28-20-16(21(24)26)6-3-9-22-20/h3-9,11-12H,2,10,13H2,1H3,(H,23,25). The molecule has 2 amide bonds. The maximum absolute atomic E-state index is 13.0. The molecule has 7 heteroatoms. The molecule has 0 saturated heterocycles. The summed E-state index contributed by atoms with van der Waals surface area (Å²) in [7, 11) is 0. The molecular weight excluding hydrogens is 390 g/mol. The molecule has 1 aliphatic heterocycles. The van der Waals surface area contributed by atoms with Crippen LogP contribution in [0.15, 0.2) is 64.0 Å². The van der Waals surface area contributed by atoms with E-state index >= 15 is 0 Å². The van der Waals surface area contributed by atoms with Gasteiger partial charge in [0.25, 0.3) is 11.8 Å². The van der Waals surface area contributed by atoms with Crippen LogP contribution in [0, 0.1) is 0 Å². The Kier molecular flexibility index (Phi) is 5.45. The molecule has 2 aromatic heterocycles. The Hall–Kier alpha value is -2.64. The lowest BCUT2D eigenvalue weighted by atomic mass is 10.1. The number of nitrogens with zero attached hydrogens (tertiary/aromatic N) is 2. The van der Waals surface area contributed by atoms with Gasteiger partial charge < -0.3 is 10.2 Å². The lowest BCUT2D eigenvalue weighted by molar-refractivity contribution is 0.0950. The molecule has 28 heavy (non-hydrogen) atoms. The van der Waals surface area contributed by atoms with Crippen LogP contribution in [0.4, 0.5) is 5.69 Å². The van der Waals surface area contributed by atoms with Gasteiger partial charge in [0.05, 0.1) is 17.8 Å². The third kappa shape index (κ3) is 3.68. The first-order valence-corrected chi connectivity index (χ1v) is 10.8. The topological polar surface area (TPSA) is 62.3 Å². The van der Waals surface area contributed by atoms with Gasteiger partial charge in [-0.15, -0.1) is 11.3 Å². The summed E-state index contributed by atoms with van der Waals surface area (Å²) < 4.78 is 0. The van der Waals surface area contributed by atoms with Crippen molar-refractivity contribution in [3.8, 4) is 0 Å². The van der Waals surface area contributed by atoms with E-state index in [2.05, 4.69) is 10.3 Å². The van der Waals surface area contributed by atoms with Crippen LogP contribution in [-0.4, -0.2) is 23.3 Å². The van der Waals surface area contributed by atoms with Gasteiger partial charge in [-0.1, -0.05) is 24.8 Å². The predicted molar refractivity (Wildman–Crippen MR) is 112 cm³/mol. The third-order valence-electron chi connectivity index (χ3n) is 4.42. The molecule has 0 atom stereocenters. The largest absolute Gasteiger partial charge is 0.347 e. The number of rotatable bonds is 5. The number of anilines is 1. The average molecular weight is 410 g/mol. The summed E-state index contributed by atoms with van der Waals surface area (Å²) in [5.74, 6) is -0.179. The van der Waals surface area contributed by atoms with E-state index in [-0.39, 0.29) is 11.8 Å². The van der Waals surface area contributed by atoms with Crippen molar-refractivity contribution < 1.29 is 9.59 Å². The number of amides is 2. The summed E-state index contributed by atoms with van der Waals surface area (Å²) in [5.41, 5.74) is 2.00. The van der Waals surface area contributed by atoms with Crippen molar-refractivity contribution >= 4 is 40.6 Å². The van der Waals surface area contributed by atoms with Gasteiger partial charge in [0.15, 0.2) is 0 Å². The molecule has 0 aliphatic carbocycles. The zero-order valence-corrected chi connectivity index (χ0v) is 17.0. The van der Waals surface area contributed by atoms with Crippen LogP contribution >= 0.6 is 23.1 Å². The maximum Gasteiger partial charge on any atom is 0.261 e. The normalized spacial score (nSPS) is 12.9. The highest BCUT2D eigenvalue weighted by Gasteiger charge is 2.28. The number of pyridine rings is 1. The maximum atomic E-state index is 13.0. The molecule has 3 heterocycles. The number of thiophene rings is 1. The molecule has 0 bridgehead atoms. The summed E-state index contributed by atoms with van der Waals surface area (Å²) in [6.45, 7) is 3.16. The Labute approximate surface area is 171 Å². The minimum absolute atomic E-state index is 0.0499. The summed E-state index contributed by atoms with van der Waals surface area (Å²) in [4.78, 5) is 33.8. The number of carbonyl (C=O) groups is 2. The highest BCUT2D eigenvalue weighted by molar-refractivity contribution is 7.99. The van der Waals surface area contributed by atoms with E-state index in [0.717, 1.165) is 21.9 Å². The first-order chi connectivity index (χ1) is 13.7. The van der Waals surface area contributed by atoms with E-state index in [1.807, 2.05) is 36.6 Å². The van der Waals surface area contributed by atoms with E-state index in [1.165, 1.54) is 11.8 Å². The summed E-state index contributed by atoms with van der Waals surface area (Å²) in [6.07, 6.45) is 2.53. The first-order valence-electron chi connectivity index (χ1n) is 9.06. The monoisotopic (exact) mass is 409 g/mol. The van der Waals surface area contributed by atoms with Crippen molar-refractivity contribution in [2.75, 3.05) is 11.4 Å². The lowest BCUT2D eigenvalue weighted by Gasteiger charge is -2.22. The lowest BCUT2D eigenvalue weighted by Crippen LogP contribution is -2.31. The highest BCUT2D eigenvalue weighted by Crippen LogP contribution is 2.40. The van der Waals surface area contributed by atoms with E-state index < -0.39 is 0 Å². The fraction of sp³-hybridized carbons (Fsp3) is 0.190. The number of aromatic nitrogens is 1. The molecule has 1 aliphatic rings. The van der Waals surface area contributed by atoms with Crippen molar-refractivity contribution in [2.24, 2.45) is 0 Å². The summed E-state index contributed by atoms with van der Waals surface area (Å²) in [6, 6.07) is 13.0. The fourth-order valence-corrected chi connectivity index (χ4v) is 4.78. The number of fused-ring (bicyclic) bond motifs is 2. The Morgan fingerprint density at radius 1 is 1.21 bits per heavy atom. The fourth-order valence-electron chi connectivity index (χ4n) is 3.08. The van der Waals surface area contributed by atoms with Crippen molar-refractivity contribution in [1.29, 1.82) is 0 Å². The number of hydrogen-bond donors (Lipinski definition) is 1. The summed E-state index contributed by atoms with van der Waals surface area (Å²) in [5, 5.41) is 5.61. The van der Waals surface area contributed by atoms with E-state index in [1.54, 1.807) is 40.6 Å². The Morgan fingerprint density at radius 3 is 2.89 bits per heavy atom. The first kappa shape index (κ1) is 18.7. The zero-order chi connectivity index (χ0) is 19.5. The van der Waals surface area contributed by atoms with Crippen molar-refractivity contribution in [3.63, 3.8) is 0 Å². The Morgan fingerprint density at radius 2 is 2.11 bits per heavy atom. The van der Waals surface area contributed by atoms with Crippen LogP contribution in [0.3, 0.4) is 0 Å². The molecule has 0 radical (unpaired) electrons. The van der Waals surface area contributed by atoms with Gasteiger partial charge in [0, 0.05) is 28.1 Å². The van der Waals surface area contributed by atoms with Gasteiger partial charge >= 0.3 is 0 Å². The van der Waals surface area contributed by atoms with Crippen LogP contribution in [0.2, 0.25) is 0 Å². The highest BCUT2D eigenvalue weighted by atomic mass is 32.2. The van der Waals surface area contributed by atoms with Crippen molar-refractivity contribution in [2.45, 2.75) is 29.8 Å². The van der Waals surface area contributed by atoms with Crippen LogP contribution < -0.4 is 10.2 Å². The average Bonchev–Trinajstić information content (AvgIpc) is 3.20. The number of carbonyl (C=O) groups excluding carboxylic acids is 2. The molecule has 4 rings (SSSR count). The molecule has 1 N–H and O–H groups in total. The van der Waals surface area contributed by atoms with Gasteiger partial charge in [-0.25, -0.2) is 4.98 Å². The van der Waals surface area contributed by atoms with Crippen molar-refractivity contribution in [3.05, 3.63) is 70.0 Å². The molecule has 5 nitrogen and oxygen atoms in total. The number of benzene rings is 1. The molecule has 0 fully saturated rings. The molecular formula is C21H19N3O2S2. The van der Waals surface area contributed by atoms with Gasteiger partial charge in [0.1, 0.15) is 5.03 Å². The molecule has 0 spiro atoms. The third-order valence-corrected chi connectivity index (χ3v) is 6.36. The molecule has 142 valence electrons. The molecule has 0 saturated carbocycles. The van der Waals surface area contributed by atoms with Crippen molar-refractivity contribution in [1.82, 2.24) is 10.3 Å². The summed E-state index contributed by atoms with van der Waals surface area (Å²) >= 11 is 3.05. The van der Waals surface area contributed by atoms with Gasteiger partial charge in [-0.2, -0.15) is 0 Å². The second-order valence-corrected chi connectivity index (χ2v) is 8.42. The van der Waals surface area contributed by atoms with Crippen LogP contribution in [0.25, 0.3) is 0 Å². The van der Waals surface area contributed by atoms with Gasteiger partial charge in [0.2, 0.25) is 0 Å². The Bertz CT molecular complexity index is 1020. The second-order valence-electron chi connectivity index (χ2n) is 6.36. The van der Waals surface area contributed by atoms with E-state index in [9.17, 15) is 9.59 Å². The predicted octanol–water partition coefficient (Wildman–Crippen LogP) is 4.59. The molecule has 3 aromatic rings. The quantitative estimate of drug-likeness (QED) is 0.669. The smallest absolute Gasteiger partial charge is 0.261 e. The Balaban J connectivity index is 1.66. The van der Waals surface area contributed by atoms with Gasteiger partial charge in [-0.05, 0) is 48.2 Å². The minimum atomic E-state index is -0.129. The molecule has 1 aromatic carbocycles. The van der Waals surface area contributed by atoms with E-state index in [4.69, 9.17) is 0 Å². The minimum Gasteiger partial charge on any atom is -0.347 e. The number of hydrogen-bond acceptors (Lipinski definition) is 5.